The van der Waals surface area contributed by atoms with E-state index in [2.05, 4.69) is 15.5 Å². The van der Waals surface area contributed by atoms with Crippen LogP contribution in [0, 0.1) is 0 Å². The first-order chi connectivity index (χ1) is 11.6. The molecule has 2 aromatic carbocycles. The number of anilines is 1. The van der Waals surface area contributed by atoms with E-state index in [-0.39, 0.29) is 12.5 Å². The lowest BCUT2D eigenvalue weighted by atomic mass is 10.1. The van der Waals surface area contributed by atoms with Gasteiger partial charge in [-0.1, -0.05) is 35.3 Å². The summed E-state index contributed by atoms with van der Waals surface area (Å²) in [4.78, 5) is 12.0. The number of nitrogens with one attached hydrogen (secondary N) is 2. The van der Waals surface area contributed by atoms with Crippen molar-refractivity contribution in [2.75, 3.05) is 11.9 Å². The van der Waals surface area contributed by atoms with Crippen LogP contribution in [0.15, 0.2) is 54.7 Å². The van der Waals surface area contributed by atoms with Crippen molar-refractivity contribution in [3.05, 3.63) is 64.8 Å². The van der Waals surface area contributed by atoms with Crippen molar-refractivity contribution in [3.8, 4) is 17.0 Å². The molecule has 1 aromatic heterocycles. The zero-order valence-electron chi connectivity index (χ0n) is 12.4. The number of nitrogens with zero attached hydrogens (tertiary/aromatic N) is 1. The number of aromatic nitrogens is 2. The van der Waals surface area contributed by atoms with Crippen molar-refractivity contribution in [2.45, 2.75) is 0 Å². The van der Waals surface area contributed by atoms with Gasteiger partial charge in [-0.2, -0.15) is 5.10 Å². The lowest BCUT2D eigenvalue weighted by Crippen LogP contribution is -2.20. The Morgan fingerprint density at radius 1 is 1.17 bits per heavy atom. The maximum Gasteiger partial charge on any atom is 0.262 e. The highest BCUT2D eigenvalue weighted by Gasteiger charge is 2.08. The normalized spacial score (nSPS) is 10.4. The van der Waals surface area contributed by atoms with E-state index >= 15 is 0 Å². The van der Waals surface area contributed by atoms with E-state index in [0.29, 0.717) is 21.5 Å². The fourth-order valence-electron chi connectivity index (χ4n) is 2.11. The molecule has 0 spiro atoms. The van der Waals surface area contributed by atoms with Gasteiger partial charge in [0.2, 0.25) is 0 Å². The summed E-state index contributed by atoms with van der Waals surface area (Å²) in [5.74, 6) is 0.0679. The van der Waals surface area contributed by atoms with Crippen molar-refractivity contribution in [1.29, 1.82) is 0 Å². The van der Waals surface area contributed by atoms with Crippen molar-refractivity contribution in [2.24, 2.45) is 0 Å². The Hall–Kier alpha value is -2.50. The minimum absolute atomic E-state index is 0.172. The molecule has 0 bridgehead atoms. The molecule has 0 fully saturated rings. The summed E-state index contributed by atoms with van der Waals surface area (Å²) in [7, 11) is 0. The lowest BCUT2D eigenvalue weighted by molar-refractivity contribution is -0.118. The Kier molecular flexibility index (Phi) is 5.03. The zero-order valence-corrected chi connectivity index (χ0v) is 13.9. The summed E-state index contributed by atoms with van der Waals surface area (Å²) < 4.78 is 5.41. The van der Waals surface area contributed by atoms with Crippen LogP contribution in [0.3, 0.4) is 0 Å². The van der Waals surface area contributed by atoms with Gasteiger partial charge in [0.25, 0.3) is 5.91 Å². The molecule has 0 atom stereocenters. The largest absolute Gasteiger partial charge is 0.482 e. The van der Waals surface area contributed by atoms with Gasteiger partial charge in [0, 0.05) is 28.5 Å². The molecule has 0 aliphatic heterocycles. The molecule has 7 heteroatoms. The van der Waals surface area contributed by atoms with Crippen LogP contribution in [0.25, 0.3) is 11.3 Å². The first kappa shape index (κ1) is 16.4. The fraction of sp³-hybridized carbons (Fsp3) is 0.0588. The van der Waals surface area contributed by atoms with Crippen LogP contribution in [0.1, 0.15) is 0 Å². The standard InChI is InChI=1S/C17H13Cl2N3O2/c18-12-4-5-14(19)16(9-12)24-10-17(23)21-13-3-1-2-11(8-13)15-6-7-20-22-15/h1-9H,10H2,(H,20,22)(H,21,23). The van der Waals surface area contributed by atoms with Gasteiger partial charge in [-0.15, -0.1) is 0 Å². The molecule has 0 saturated heterocycles. The van der Waals surface area contributed by atoms with Crippen LogP contribution in [0.2, 0.25) is 10.0 Å². The first-order valence-electron chi connectivity index (χ1n) is 7.09. The van der Waals surface area contributed by atoms with Crippen molar-refractivity contribution >= 4 is 34.8 Å². The minimum Gasteiger partial charge on any atom is -0.482 e. The first-order valence-corrected chi connectivity index (χ1v) is 7.85. The van der Waals surface area contributed by atoms with E-state index in [1.807, 2.05) is 24.3 Å². The molecule has 0 unspecified atom stereocenters. The molecule has 0 saturated carbocycles. The van der Waals surface area contributed by atoms with Crippen molar-refractivity contribution in [3.63, 3.8) is 0 Å². The molecule has 1 amide bonds. The van der Waals surface area contributed by atoms with Crippen LogP contribution in [0.4, 0.5) is 5.69 Å². The van der Waals surface area contributed by atoms with Gasteiger partial charge in [0.1, 0.15) is 5.75 Å². The van der Waals surface area contributed by atoms with Crippen molar-refractivity contribution < 1.29 is 9.53 Å². The molecule has 0 aliphatic rings. The third kappa shape index (κ3) is 4.07. The van der Waals surface area contributed by atoms with Crippen molar-refractivity contribution in [1.82, 2.24) is 10.2 Å². The highest BCUT2D eigenvalue weighted by atomic mass is 35.5. The number of hydrogen-bond donors (Lipinski definition) is 2. The van der Waals surface area contributed by atoms with E-state index in [9.17, 15) is 4.79 Å². The monoisotopic (exact) mass is 361 g/mol. The summed E-state index contributed by atoms with van der Waals surface area (Å²) in [6.45, 7) is -0.172. The maximum absolute atomic E-state index is 12.0. The summed E-state index contributed by atoms with van der Waals surface area (Å²) >= 11 is 11.9. The summed E-state index contributed by atoms with van der Waals surface area (Å²) in [6, 6.07) is 14.1. The molecule has 3 aromatic rings. The van der Waals surface area contributed by atoms with Gasteiger partial charge in [0.05, 0.1) is 10.7 Å². The van der Waals surface area contributed by atoms with Gasteiger partial charge >= 0.3 is 0 Å². The predicted molar refractivity (Wildman–Crippen MR) is 94.6 cm³/mol. The Bertz CT molecular complexity index is 851. The second-order valence-electron chi connectivity index (χ2n) is 4.96. The van der Waals surface area contributed by atoms with Gasteiger partial charge in [-0.25, -0.2) is 0 Å². The lowest BCUT2D eigenvalue weighted by Gasteiger charge is -2.10. The van der Waals surface area contributed by atoms with E-state index in [1.54, 1.807) is 30.5 Å². The topological polar surface area (TPSA) is 67.0 Å². The smallest absolute Gasteiger partial charge is 0.262 e. The molecule has 0 aliphatic carbocycles. The minimum atomic E-state index is -0.298. The highest BCUT2D eigenvalue weighted by molar-refractivity contribution is 6.34. The number of carbonyl (C=O) groups excluding carboxylic acids is 1. The van der Waals surface area contributed by atoms with Crippen LogP contribution in [-0.4, -0.2) is 22.7 Å². The van der Waals surface area contributed by atoms with Gasteiger partial charge in [-0.05, 0) is 30.3 Å². The maximum atomic E-state index is 12.0. The molecule has 3 rings (SSSR count). The molecule has 1 heterocycles. The Morgan fingerprint density at radius 2 is 2.04 bits per heavy atom. The Morgan fingerprint density at radius 3 is 2.83 bits per heavy atom. The van der Waals surface area contributed by atoms with Crippen LogP contribution < -0.4 is 10.1 Å². The van der Waals surface area contributed by atoms with E-state index < -0.39 is 0 Å². The molecule has 122 valence electrons. The van der Waals surface area contributed by atoms with Crippen LogP contribution in [-0.2, 0) is 4.79 Å². The number of amides is 1. The average molecular weight is 362 g/mol. The fourth-order valence-corrected chi connectivity index (χ4v) is 2.44. The SMILES string of the molecule is O=C(COc1cc(Cl)ccc1Cl)Nc1cccc(-c2ccn[nH]2)c1. The number of ether oxygens (including phenoxy) is 1. The number of H-pyrrole nitrogens is 1. The van der Waals surface area contributed by atoms with Gasteiger partial charge in [0.15, 0.2) is 6.61 Å². The average Bonchev–Trinajstić information content (AvgIpc) is 3.10. The third-order valence-corrected chi connectivity index (χ3v) is 3.76. The molecule has 5 nitrogen and oxygen atoms in total. The molecular formula is C17H13Cl2N3O2. The Labute approximate surface area is 148 Å². The second kappa shape index (κ2) is 7.38. The number of hydrogen-bond acceptors (Lipinski definition) is 3. The molecule has 24 heavy (non-hydrogen) atoms. The number of benzene rings is 2. The zero-order chi connectivity index (χ0) is 16.9. The third-order valence-electron chi connectivity index (χ3n) is 3.21. The quantitative estimate of drug-likeness (QED) is 0.707. The van der Waals surface area contributed by atoms with Crippen LogP contribution >= 0.6 is 23.2 Å². The number of aromatic amines is 1. The summed E-state index contributed by atoms with van der Waals surface area (Å²) in [5.41, 5.74) is 2.45. The summed E-state index contributed by atoms with van der Waals surface area (Å²) in [5, 5.41) is 10.4. The second-order valence-corrected chi connectivity index (χ2v) is 5.81. The number of rotatable bonds is 5. The highest BCUT2D eigenvalue weighted by Crippen LogP contribution is 2.27. The van der Waals surface area contributed by atoms with E-state index in [1.165, 1.54) is 0 Å². The molecule has 0 radical (unpaired) electrons. The number of carbonyl (C=O) groups is 1. The summed E-state index contributed by atoms with van der Waals surface area (Å²) in [6.07, 6.45) is 1.67. The predicted octanol–water partition coefficient (Wildman–Crippen LogP) is 4.40. The van der Waals surface area contributed by atoms with Gasteiger partial charge in [-0.3, -0.25) is 9.89 Å². The van der Waals surface area contributed by atoms with E-state index in [4.69, 9.17) is 27.9 Å². The Balaban J connectivity index is 1.63. The van der Waals surface area contributed by atoms with E-state index in [0.717, 1.165) is 11.3 Å². The molecular weight excluding hydrogens is 349 g/mol. The molecule has 2 N–H and O–H groups in total. The van der Waals surface area contributed by atoms with Gasteiger partial charge < -0.3 is 10.1 Å². The van der Waals surface area contributed by atoms with Crippen LogP contribution in [0.5, 0.6) is 5.75 Å². The number of halogens is 2.